The lowest BCUT2D eigenvalue weighted by Gasteiger charge is -2.24. The molecule has 1 aromatic carbocycles. The summed E-state index contributed by atoms with van der Waals surface area (Å²) < 4.78 is 11.6. The van der Waals surface area contributed by atoms with Crippen molar-refractivity contribution in [2.24, 2.45) is 10.9 Å². The summed E-state index contributed by atoms with van der Waals surface area (Å²) in [5, 5.41) is 3.40. The van der Waals surface area contributed by atoms with Crippen molar-refractivity contribution in [2.45, 2.75) is 13.0 Å². The maximum absolute atomic E-state index is 5.43. The molecule has 1 N–H and O–H groups in total. The van der Waals surface area contributed by atoms with Gasteiger partial charge in [0.05, 0.1) is 18.2 Å². The van der Waals surface area contributed by atoms with Gasteiger partial charge in [-0.05, 0) is 40.0 Å². The van der Waals surface area contributed by atoms with Crippen molar-refractivity contribution in [3.8, 4) is 5.75 Å². The summed E-state index contributed by atoms with van der Waals surface area (Å²) in [6.45, 7) is 3.42. The van der Waals surface area contributed by atoms with Gasteiger partial charge in [-0.25, -0.2) is 0 Å². The first-order valence-electron chi connectivity index (χ1n) is 7.46. The molecule has 0 radical (unpaired) electrons. The molecule has 6 heteroatoms. The zero-order valence-corrected chi connectivity index (χ0v) is 15.0. The Bertz CT molecular complexity index is 516. The molecule has 0 aliphatic carbocycles. The van der Waals surface area contributed by atoms with E-state index >= 15 is 0 Å². The number of nitrogens with zero attached hydrogens (tertiary/aromatic N) is 2. The lowest BCUT2D eigenvalue weighted by atomic mass is 10.1. The fourth-order valence-electron chi connectivity index (χ4n) is 2.59. The predicted octanol–water partition coefficient (Wildman–Crippen LogP) is 2.50. The van der Waals surface area contributed by atoms with E-state index in [0.29, 0.717) is 5.92 Å². The first kappa shape index (κ1) is 17.1. The van der Waals surface area contributed by atoms with Gasteiger partial charge in [-0.2, -0.15) is 0 Å². The standard InChI is InChI=1S/C16H24BrN3O2/c1-18-16(20(2)10-13-6-7-22-11-13)19-9-12-4-5-15(21-3)14(17)8-12/h4-5,8,13H,6-7,9-11H2,1-3H3,(H,18,19). The van der Waals surface area contributed by atoms with Gasteiger partial charge in [0.1, 0.15) is 5.75 Å². The maximum atomic E-state index is 5.43. The Hall–Kier alpha value is -1.27. The molecule has 1 aliphatic heterocycles. The highest BCUT2D eigenvalue weighted by atomic mass is 79.9. The number of ether oxygens (including phenoxy) is 2. The summed E-state index contributed by atoms with van der Waals surface area (Å²) in [6, 6.07) is 6.07. The summed E-state index contributed by atoms with van der Waals surface area (Å²) in [5.41, 5.74) is 1.17. The van der Waals surface area contributed by atoms with E-state index < -0.39 is 0 Å². The van der Waals surface area contributed by atoms with Crippen molar-refractivity contribution in [1.82, 2.24) is 10.2 Å². The minimum Gasteiger partial charge on any atom is -0.496 e. The van der Waals surface area contributed by atoms with Crippen molar-refractivity contribution in [3.05, 3.63) is 28.2 Å². The van der Waals surface area contributed by atoms with Crippen LogP contribution in [0.25, 0.3) is 0 Å². The van der Waals surface area contributed by atoms with Gasteiger partial charge in [0.2, 0.25) is 0 Å². The third-order valence-corrected chi connectivity index (χ3v) is 4.42. The number of methoxy groups -OCH3 is 1. The second-order valence-electron chi connectivity index (χ2n) is 5.48. The van der Waals surface area contributed by atoms with Crippen LogP contribution in [0.2, 0.25) is 0 Å². The summed E-state index contributed by atoms with van der Waals surface area (Å²) in [5.74, 6) is 2.34. The molecule has 22 heavy (non-hydrogen) atoms. The van der Waals surface area contributed by atoms with Gasteiger partial charge in [-0.15, -0.1) is 0 Å². The van der Waals surface area contributed by atoms with Crippen molar-refractivity contribution >= 4 is 21.9 Å². The molecular weight excluding hydrogens is 346 g/mol. The number of aliphatic imine (C=N–C) groups is 1. The van der Waals surface area contributed by atoms with Crippen molar-refractivity contribution < 1.29 is 9.47 Å². The molecule has 1 aromatic rings. The highest BCUT2D eigenvalue weighted by Crippen LogP contribution is 2.25. The minimum atomic E-state index is 0.596. The summed E-state index contributed by atoms with van der Waals surface area (Å²) in [4.78, 5) is 6.52. The predicted molar refractivity (Wildman–Crippen MR) is 92.4 cm³/mol. The Kier molecular flexibility index (Phi) is 6.51. The van der Waals surface area contributed by atoms with Gasteiger partial charge in [0.15, 0.2) is 5.96 Å². The Balaban J connectivity index is 1.88. The number of rotatable bonds is 5. The number of halogens is 1. The zero-order valence-electron chi connectivity index (χ0n) is 13.4. The van der Waals surface area contributed by atoms with Crippen LogP contribution in [0, 0.1) is 5.92 Å². The van der Waals surface area contributed by atoms with Gasteiger partial charge in [-0.3, -0.25) is 4.99 Å². The smallest absolute Gasteiger partial charge is 0.193 e. The Labute approximate surface area is 140 Å². The van der Waals surface area contributed by atoms with E-state index in [4.69, 9.17) is 9.47 Å². The fourth-order valence-corrected chi connectivity index (χ4v) is 3.17. The van der Waals surface area contributed by atoms with Crippen LogP contribution in [0.1, 0.15) is 12.0 Å². The minimum absolute atomic E-state index is 0.596. The lowest BCUT2D eigenvalue weighted by molar-refractivity contribution is 0.181. The molecule has 5 nitrogen and oxygen atoms in total. The quantitative estimate of drug-likeness (QED) is 0.639. The SMILES string of the molecule is CN=C(NCc1ccc(OC)c(Br)c1)N(C)CC1CCOC1. The summed E-state index contributed by atoms with van der Waals surface area (Å²) in [7, 11) is 5.55. The monoisotopic (exact) mass is 369 g/mol. The van der Waals surface area contributed by atoms with Gasteiger partial charge in [-0.1, -0.05) is 6.07 Å². The molecule has 1 unspecified atom stereocenters. The number of guanidine groups is 1. The van der Waals surface area contributed by atoms with Crippen LogP contribution in [-0.2, 0) is 11.3 Å². The molecule has 1 saturated heterocycles. The van der Waals surface area contributed by atoms with E-state index in [0.717, 1.165) is 48.9 Å². The van der Waals surface area contributed by atoms with Crippen molar-refractivity contribution in [3.63, 3.8) is 0 Å². The highest BCUT2D eigenvalue weighted by molar-refractivity contribution is 9.10. The third-order valence-electron chi connectivity index (χ3n) is 3.80. The van der Waals surface area contributed by atoms with E-state index in [2.05, 4.69) is 50.3 Å². The summed E-state index contributed by atoms with van der Waals surface area (Å²) >= 11 is 3.51. The zero-order chi connectivity index (χ0) is 15.9. The number of nitrogens with one attached hydrogen (secondary N) is 1. The summed E-state index contributed by atoms with van der Waals surface area (Å²) in [6.07, 6.45) is 1.13. The second-order valence-corrected chi connectivity index (χ2v) is 6.33. The Morgan fingerprint density at radius 2 is 2.36 bits per heavy atom. The number of benzene rings is 1. The number of hydrogen-bond donors (Lipinski definition) is 1. The van der Waals surface area contributed by atoms with E-state index in [1.807, 2.05) is 13.1 Å². The van der Waals surface area contributed by atoms with Crippen LogP contribution in [0.3, 0.4) is 0 Å². The van der Waals surface area contributed by atoms with Crippen molar-refractivity contribution in [1.29, 1.82) is 0 Å². The van der Waals surface area contributed by atoms with Crippen LogP contribution in [0.15, 0.2) is 27.7 Å². The van der Waals surface area contributed by atoms with Gasteiger partial charge >= 0.3 is 0 Å². The van der Waals surface area contributed by atoms with E-state index in [1.54, 1.807) is 7.11 Å². The van der Waals surface area contributed by atoms with Gasteiger partial charge < -0.3 is 19.7 Å². The van der Waals surface area contributed by atoms with E-state index in [1.165, 1.54) is 5.56 Å². The maximum Gasteiger partial charge on any atom is 0.193 e. The first-order valence-corrected chi connectivity index (χ1v) is 8.25. The molecule has 0 aromatic heterocycles. The molecule has 1 fully saturated rings. The Morgan fingerprint density at radius 3 is 2.95 bits per heavy atom. The van der Waals surface area contributed by atoms with Gasteiger partial charge in [0.25, 0.3) is 0 Å². The second kappa shape index (κ2) is 8.39. The molecule has 0 saturated carbocycles. The Morgan fingerprint density at radius 1 is 1.55 bits per heavy atom. The fraction of sp³-hybridized carbons (Fsp3) is 0.562. The lowest BCUT2D eigenvalue weighted by Crippen LogP contribution is -2.41. The normalized spacial score (nSPS) is 18.4. The van der Waals surface area contributed by atoms with Crippen LogP contribution in [0.5, 0.6) is 5.75 Å². The molecule has 0 bridgehead atoms. The average molecular weight is 370 g/mol. The highest BCUT2D eigenvalue weighted by Gasteiger charge is 2.19. The van der Waals surface area contributed by atoms with E-state index in [9.17, 15) is 0 Å². The van der Waals surface area contributed by atoms with Crippen LogP contribution >= 0.6 is 15.9 Å². The molecule has 2 rings (SSSR count). The molecule has 1 atom stereocenters. The molecule has 1 aliphatic rings. The molecule has 0 amide bonds. The van der Waals surface area contributed by atoms with Crippen LogP contribution in [-0.4, -0.2) is 51.8 Å². The van der Waals surface area contributed by atoms with E-state index in [-0.39, 0.29) is 0 Å². The van der Waals surface area contributed by atoms with Gasteiger partial charge in [0, 0.05) is 39.7 Å². The average Bonchev–Trinajstić information content (AvgIpc) is 3.01. The molecular formula is C16H24BrN3O2. The number of hydrogen-bond acceptors (Lipinski definition) is 3. The largest absolute Gasteiger partial charge is 0.496 e. The van der Waals surface area contributed by atoms with Crippen LogP contribution in [0.4, 0.5) is 0 Å². The topological polar surface area (TPSA) is 46.1 Å². The first-order chi connectivity index (χ1) is 10.6. The molecule has 0 spiro atoms. The molecule has 122 valence electrons. The third kappa shape index (κ3) is 4.61. The molecule has 1 heterocycles. The van der Waals surface area contributed by atoms with Crippen molar-refractivity contribution in [2.75, 3.05) is 41.0 Å². The van der Waals surface area contributed by atoms with Crippen LogP contribution < -0.4 is 10.1 Å².